The number of hydrogen-bond acceptors (Lipinski definition) is 2. The first kappa shape index (κ1) is 16.1. The highest BCUT2D eigenvalue weighted by atomic mass is 15.2. The monoisotopic (exact) mass is 324 g/mol. The van der Waals surface area contributed by atoms with E-state index in [1.165, 1.54) is 10.9 Å². The van der Waals surface area contributed by atoms with Gasteiger partial charge in [0.2, 0.25) is 0 Å². The summed E-state index contributed by atoms with van der Waals surface area (Å²) in [5.74, 6) is 0.840. The molecule has 0 bridgehead atoms. The number of guanidine groups is 1. The van der Waals surface area contributed by atoms with E-state index in [4.69, 9.17) is 0 Å². The van der Waals surface area contributed by atoms with Gasteiger partial charge in [-0.05, 0) is 23.9 Å². The summed E-state index contributed by atoms with van der Waals surface area (Å²) in [6.45, 7) is 3.57. The van der Waals surface area contributed by atoms with Gasteiger partial charge in [0.15, 0.2) is 5.96 Å². The number of nitrogens with zero attached hydrogens (tertiary/aromatic N) is 4. The Labute approximate surface area is 142 Å². The number of aryl methyl sites for hydroxylation is 1. The van der Waals surface area contributed by atoms with Crippen LogP contribution in [0.5, 0.6) is 0 Å². The van der Waals surface area contributed by atoms with Crippen LogP contribution in [0, 0.1) is 0 Å². The number of hydrogen-bond donors (Lipinski definition) is 2. The highest BCUT2D eigenvalue weighted by Crippen LogP contribution is 2.15. The molecule has 0 spiro atoms. The number of fused-ring (bicyclic) bond motifs is 1. The van der Waals surface area contributed by atoms with E-state index in [-0.39, 0.29) is 0 Å². The third-order valence-electron chi connectivity index (χ3n) is 3.99. The topological polar surface area (TPSA) is 59.2 Å². The molecule has 0 fully saturated rings. The lowest BCUT2D eigenvalue weighted by atomic mass is 10.2. The van der Waals surface area contributed by atoms with E-state index in [1.807, 2.05) is 17.1 Å². The number of imidazole rings is 1. The molecule has 126 valence electrons. The van der Waals surface area contributed by atoms with Crippen LogP contribution in [0.1, 0.15) is 6.42 Å². The zero-order valence-corrected chi connectivity index (χ0v) is 14.0. The second-order valence-corrected chi connectivity index (χ2v) is 5.65. The lowest BCUT2D eigenvalue weighted by Crippen LogP contribution is -2.39. The minimum Gasteiger partial charge on any atom is -0.356 e. The van der Waals surface area contributed by atoms with Gasteiger partial charge in [-0.3, -0.25) is 4.99 Å². The highest BCUT2D eigenvalue weighted by Gasteiger charge is 2.00. The number of aliphatic imine (C=N–C) groups is 1. The number of aromatic nitrogens is 3. The summed E-state index contributed by atoms with van der Waals surface area (Å²) < 4.78 is 4.34. The Morgan fingerprint density at radius 2 is 1.96 bits per heavy atom. The summed E-state index contributed by atoms with van der Waals surface area (Å²) >= 11 is 0. The molecule has 0 aliphatic rings. The van der Waals surface area contributed by atoms with E-state index in [2.05, 4.69) is 61.7 Å². The quantitative estimate of drug-likeness (QED) is 0.397. The summed E-state index contributed by atoms with van der Waals surface area (Å²) in [7, 11) is 1.80. The molecule has 0 saturated heterocycles. The molecule has 1 aromatic carbocycles. The third kappa shape index (κ3) is 4.16. The predicted molar refractivity (Wildman–Crippen MR) is 98.1 cm³/mol. The fraction of sp³-hybridized carbons (Fsp3) is 0.333. The molecule has 0 radical (unpaired) electrons. The maximum Gasteiger partial charge on any atom is 0.191 e. The zero-order valence-electron chi connectivity index (χ0n) is 14.0. The van der Waals surface area contributed by atoms with Crippen LogP contribution in [-0.2, 0) is 13.1 Å². The summed E-state index contributed by atoms with van der Waals surface area (Å²) in [5.41, 5.74) is 1.29. The Kier molecular flexibility index (Phi) is 5.50. The molecule has 6 nitrogen and oxygen atoms in total. The Balaban J connectivity index is 1.38. The third-order valence-corrected chi connectivity index (χ3v) is 3.99. The van der Waals surface area contributed by atoms with E-state index in [1.54, 1.807) is 13.2 Å². The van der Waals surface area contributed by atoms with Crippen LogP contribution in [-0.4, -0.2) is 40.2 Å². The normalized spacial score (nSPS) is 11.8. The van der Waals surface area contributed by atoms with Crippen molar-refractivity contribution < 1.29 is 0 Å². The van der Waals surface area contributed by atoms with Gasteiger partial charge in [-0.1, -0.05) is 18.2 Å². The van der Waals surface area contributed by atoms with Crippen LogP contribution < -0.4 is 10.6 Å². The fourth-order valence-electron chi connectivity index (χ4n) is 2.73. The molecular formula is C18H24N6. The molecule has 0 unspecified atom stereocenters. The Morgan fingerprint density at radius 1 is 1.08 bits per heavy atom. The van der Waals surface area contributed by atoms with Gasteiger partial charge in [0, 0.05) is 57.3 Å². The van der Waals surface area contributed by atoms with Crippen LogP contribution in [0.3, 0.4) is 0 Å². The van der Waals surface area contributed by atoms with E-state index in [0.717, 1.165) is 38.6 Å². The van der Waals surface area contributed by atoms with Crippen molar-refractivity contribution in [1.82, 2.24) is 24.8 Å². The summed E-state index contributed by atoms with van der Waals surface area (Å²) in [5, 5.41) is 7.97. The molecule has 2 aromatic heterocycles. The second kappa shape index (κ2) is 8.19. The average molecular weight is 324 g/mol. The number of rotatable bonds is 7. The number of benzene rings is 1. The maximum atomic E-state index is 4.25. The zero-order chi connectivity index (χ0) is 16.6. The van der Waals surface area contributed by atoms with Crippen molar-refractivity contribution in [3.63, 3.8) is 0 Å². The number of para-hydroxylation sites is 1. The second-order valence-electron chi connectivity index (χ2n) is 5.65. The maximum absolute atomic E-state index is 4.25. The van der Waals surface area contributed by atoms with Crippen molar-refractivity contribution in [3.8, 4) is 0 Å². The molecule has 0 saturated carbocycles. The fourth-order valence-corrected chi connectivity index (χ4v) is 2.73. The van der Waals surface area contributed by atoms with Gasteiger partial charge in [-0.25, -0.2) is 4.98 Å². The lowest BCUT2D eigenvalue weighted by Gasteiger charge is -2.12. The van der Waals surface area contributed by atoms with Crippen LogP contribution in [0.25, 0.3) is 10.9 Å². The molecular weight excluding hydrogens is 300 g/mol. The minimum absolute atomic E-state index is 0.818. The Morgan fingerprint density at radius 3 is 2.79 bits per heavy atom. The van der Waals surface area contributed by atoms with Crippen LogP contribution in [0.15, 0.2) is 60.2 Å². The van der Waals surface area contributed by atoms with Crippen LogP contribution >= 0.6 is 0 Å². The molecule has 24 heavy (non-hydrogen) atoms. The van der Waals surface area contributed by atoms with E-state index >= 15 is 0 Å². The smallest absolute Gasteiger partial charge is 0.191 e. The van der Waals surface area contributed by atoms with Crippen LogP contribution in [0.2, 0.25) is 0 Å². The van der Waals surface area contributed by atoms with Gasteiger partial charge in [0.1, 0.15) is 0 Å². The van der Waals surface area contributed by atoms with Crippen molar-refractivity contribution in [3.05, 3.63) is 55.2 Å². The van der Waals surface area contributed by atoms with Crippen molar-refractivity contribution in [2.45, 2.75) is 19.5 Å². The number of nitrogens with one attached hydrogen (secondary N) is 2. The minimum atomic E-state index is 0.818. The molecule has 3 rings (SSSR count). The molecule has 0 aliphatic heterocycles. The van der Waals surface area contributed by atoms with Crippen LogP contribution in [0.4, 0.5) is 0 Å². The average Bonchev–Trinajstić information content (AvgIpc) is 3.27. The van der Waals surface area contributed by atoms with Crippen molar-refractivity contribution >= 4 is 16.9 Å². The van der Waals surface area contributed by atoms with Gasteiger partial charge >= 0.3 is 0 Å². The largest absolute Gasteiger partial charge is 0.356 e. The first-order chi connectivity index (χ1) is 11.9. The summed E-state index contributed by atoms with van der Waals surface area (Å²) in [6, 6.07) is 10.6. The summed E-state index contributed by atoms with van der Waals surface area (Å²) in [4.78, 5) is 8.29. The van der Waals surface area contributed by atoms with E-state index in [0.29, 0.717) is 0 Å². The Hall–Kier alpha value is -2.76. The predicted octanol–water partition coefficient (Wildman–Crippen LogP) is 2.09. The molecule has 6 heteroatoms. The van der Waals surface area contributed by atoms with Gasteiger partial charge in [0.05, 0.1) is 6.33 Å². The van der Waals surface area contributed by atoms with E-state index < -0.39 is 0 Å². The first-order valence-electron chi connectivity index (χ1n) is 8.31. The molecule has 2 heterocycles. The van der Waals surface area contributed by atoms with Crippen molar-refractivity contribution in [2.24, 2.45) is 4.99 Å². The van der Waals surface area contributed by atoms with Crippen molar-refractivity contribution in [1.29, 1.82) is 0 Å². The van der Waals surface area contributed by atoms with Gasteiger partial charge in [-0.15, -0.1) is 0 Å². The van der Waals surface area contributed by atoms with Gasteiger partial charge < -0.3 is 19.8 Å². The van der Waals surface area contributed by atoms with E-state index in [9.17, 15) is 0 Å². The standard InChI is InChI=1S/C18H24N6/c1-19-18(22-10-14-23-13-9-20-15-23)21-8-4-11-24-12-7-16-5-2-3-6-17(16)24/h2-3,5-7,9,12-13,15H,4,8,10-11,14H2,1H3,(H2,19,21,22). The molecule has 0 aliphatic carbocycles. The Bertz CT molecular complexity index is 772. The molecule has 3 aromatic rings. The SMILES string of the molecule is CN=C(NCCCn1ccc2ccccc21)NCCn1ccnc1. The first-order valence-corrected chi connectivity index (χ1v) is 8.31. The van der Waals surface area contributed by atoms with Gasteiger partial charge in [0.25, 0.3) is 0 Å². The lowest BCUT2D eigenvalue weighted by molar-refractivity contribution is 0.629. The highest BCUT2D eigenvalue weighted by molar-refractivity contribution is 5.80. The van der Waals surface area contributed by atoms with Crippen molar-refractivity contribution in [2.75, 3.05) is 20.1 Å². The molecule has 0 atom stereocenters. The van der Waals surface area contributed by atoms with Gasteiger partial charge in [-0.2, -0.15) is 0 Å². The molecule has 2 N–H and O–H groups in total. The summed E-state index contributed by atoms with van der Waals surface area (Å²) in [6.07, 6.45) is 8.76. The molecule has 0 amide bonds.